The Morgan fingerprint density at radius 1 is 1.29 bits per heavy atom. The van der Waals surface area contributed by atoms with Gasteiger partial charge >= 0.3 is 0 Å². The summed E-state index contributed by atoms with van der Waals surface area (Å²) in [5.74, 6) is 0. The number of anilines is 2. The minimum atomic E-state index is 0.806. The summed E-state index contributed by atoms with van der Waals surface area (Å²) < 4.78 is 1.03. The standard InChI is InChI=1S/C13H20BrN3/c14-11-4-5-13(12(15)10-11)16-6-3-9-17-7-1-2-8-17/h4-5,10,16H,1-3,6-9,15H2. The average Bonchev–Trinajstić information content (AvgIpc) is 2.79. The molecule has 0 spiro atoms. The van der Waals surface area contributed by atoms with Crippen molar-refractivity contribution in [2.45, 2.75) is 19.3 Å². The van der Waals surface area contributed by atoms with Gasteiger partial charge in [0.25, 0.3) is 0 Å². The molecule has 1 fully saturated rings. The molecule has 94 valence electrons. The number of benzene rings is 1. The SMILES string of the molecule is Nc1cc(Br)ccc1NCCCN1CCCC1. The number of nitrogen functional groups attached to an aromatic ring is 1. The van der Waals surface area contributed by atoms with E-state index in [4.69, 9.17) is 5.73 Å². The molecule has 17 heavy (non-hydrogen) atoms. The van der Waals surface area contributed by atoms with Gasteiger partial charge in [-0.25, -0.2) is 0 Å². The third-order valence-electron chi connectivity index (χ3n) is 3.18. The zero-order valence-electron chi connectivity index (χ0n) is 10.1. The molecule has 0 radical (unpaired) electrons. The highest BCUT2D eigenvalue weighted by Gasteiger charge is 2.10. The van der Waals surface area contributed by atoms with Crippen molar-refractivity contribution in [3.63, 3.8) is 0 Å². The van der Waals surface area contributed by atoms with Crippen LogP contribution in [0.2, 0.25) is 0 Å². The molecule has 0 amide bonds. The Labute approximate surface area is 111 Å². The van der Waals surface area contributed by atoms with E-state index in [2.05, 4.69) is 26.1 Å². The lowest BCUT2D eigenvalue weighted by Crippen LogP contribution is -2.22. The Balaban J connectivity index is 1.70. The van der Waals surface area contributed by atoms with E-state index in [9.17, 15) is 0 Å². The molecule has 0 aromatic heterocycles. The van der Waals surface area contributed by atoms with E-state index in [0.717, 1.165) is 22.4 Å². The Morgan fingerprint density at radius 3 is 2.76 bits per heavy atom. The fraction of sp³-hybridized carbons (Fsp3) is 0.538. The number of nitrogens with zero attached hydrogens (tertiary/aromatic N) is 1. The summed E-state index contributed by atoms with van der Waals surface area (Å²) in [5.41, 5.74) is 7.77. The first kappa shape index (κ1) is 12.7. The van der Waals surface area contributed by atoms with Crippen LogP contribution in [-0.4, -0.2) is 31.1 Å². The van der Waals surface area contributed by atoms with Crippen LogP contribution >= 0.6 is 15.9 Å². The molecular weight excluding hydrogens is 278 g/mol. The summed E-state index contributed by atoms with van der Waals surface area (Å²) in [6, 6.07) is 5.97. The van der Waals surface area contributed by atoms with Gasteiger partial charge in [-0.15, -0.1) is 0 Å². The fourth-order valence-electron chi connectivity index (χ4n) is 2.23. The van der Waals surface area contributed by atoms with E-state index in [-0.39, 0.29) is 0 Å². The number of rotatable bonds is 5. The van der Waals surface area contributed by atoms with Gasteiger partial charge in [0.15, 0.2) is 0 Å². The Bertz CT molecular complexity index is 362. The quantitative estimate of drug-likeness (QED) is 0.649. The lowest BCUT2D eigenvalue weighted by Gasteiger charge is -2.15. The number of hydrogen-bond donors (Lipinski definition) is 2. The number of halogens is 1. The minimum absolute atomic E-state index is 0.806. The lowest BCUT2D eigenvalue weighted by atomic mass is 10.2. The summed E-state index contributed by atoms with van der Waals surface area (Å²) in [7, 11) is 0. The first-order valence-electron chi connectivity index (χ1n) is 6.27. The van der Waals surface area contributed by atoms with Crippen LogP contribution in [0.3, 0.4) is 0 Å². The van der Waals surface area contributed by atoms with Crippen molar-refractivity contribution in [2.75, 3.05) is 37.2 Å². The van der Waals surface area contributed by atoms with Gasteiger partial charge in [0.05, 0.1) is 11.4 Å². The topological polar surface area (TPSA) is 41.3 Å². The molecule has 3 nitrogen and oxygen atoms in total. The Morgan fingerprint density at radius 2 is 2.06 bits per heavy atom. The normalized spacial score (nSPS) is 16.3. The molecule has 1 saturated heterocycles. The van der Waals surface area contributed by atoms with E-state index in [1.54, 1.807) is 0 Å². The van der Waals surface area contributed by atoms with E-state index in [1.165, 1.54) is 38.9 Å². The van der Waals surface area contributed by atoms with Crippen molar-refractivity contribution in [2.24, 2.45) is 0 Å². The monoisotopic (exact) mass is 297 g/mol. The smallest absolute Gasteiger partial charge is 0.0574 e. The lowest BCUT2D eigenvalue weighted by molar-refractivity contribution is 0.337. The molecule has 0 unspecified atom stereocenters. The van der Waals surface area contributed by atoms with Crippen LogP contribution < -0.4 is 11.1 Å². The minimum Gasteiger partial charge on any atom is -0.397 e. The zero-order valence-corrected chi connectivity index (χ0v) is 11.7. The maximum Gasteiger partial charge on any atom is 0.0574 e. The molecular formula is C13H20BrN3. The van der Waals surface area contributed by atoms with Crippen LogP contribution in [0.5, 0.6) is 0 Å². The number of hydrogen-bond acceptors (Lipinski definition) is 3. The zero-order chi connectivity index (χ0) is 12.1. The van der Waals surface area contributed by atoms with Gasteiger partial charge < -0.3 is 16.0 Å². The van der Waals surface area contributed by atoms with Crippen LogP contribution in [0.25, 0.3) is 0 Å². The molecule has 0 atom stereocenters. The van der Waals surface area contributed by atoms with Crippen molar-refractivity contribution in [3.05, 3.63) is 22.7 Å². The highest BCUT2D eigenvalue weighted by Crippen LogP contribution is 2.22. The van der Waals surface area contributed by atoms with Crippen molar-refractivity contribution in [3.8, 4) is 0 Å². The summed E-state index contributed by atoms with van der Waals surface area (Å²) >= 11 is 3.41. The van der Waals surface area contributed by atoms with Crippen LogP contribution in [0.4, 0.5) is 11.4 Å². The summed E-state index contributed by atoms with van der Waals surface area (Å²) in [5, 5.41) is 3.39. The van der Waals surface area contributed by atoms with Crippen molar-refractivity contribution < 1.29 is 0 Å². The average molecular weight is 298 g/mol. The molecule has 0 saturated carbocycles. The van der Waals surface area contributed by atoms with Crippen LogP contribution in [0.1, 0.15) is 19.3 Å². The highest BCUT2D eigenvalue weighted by atomic mass is 79.9. The first-order chi connectivity index (χ1) is 8.25. The fourth-order valence-corrected chi connectivity index (χ4v) is 2.61. The number of nitrogens with two attached hydrogens (primary N) is 1. The van der Waals surface area contributed by atoms with E-state index < -0.39 is 0 Å². The second-order valence-corrected chi connectivity index (χ2v) is 5.48. The number of likely N-dealkylation sites (tertiary alicyclic amines) is 1. The molecule has 0 aliphatic carbocycles. The van der Waals surface area contributed by atoms with Crippen LogP contribution in [-0.2, 0) is 0 Å². The van der Waals surface area contributed by atoms with Crippen molar-refractivity contribution >= 4 is 27.3 Å². The first-order valence-corrected chi connectivity index (χ1v) is 7.06. The predicted octanol–water partition coefficient (Wildman–Crippen LogP) is 2.93. The maximum absolute atomic E-state index is 5.92. The van der Waals surface area contributed by atoms with E-state index in [1.807, 2.05) is 18.2 Å². The van der Waals surface area contributed by atoms with Gasteiger partial charge in [0.2, 0.25) is 0 Å². The second-order valence-electron chi connectivity index (χ2n) is 4.56. The van der Waals surface area contributed by atoms with E-state index >= 15 is 0 Å². The van der Waals surface area contributed by atoms with Crippen LogP contribution in [0.15, 0.2) is 22.7 Å². The highest BCUT2D eigenvalue weighted by molar-refractivity contribution is 9.10. The summed E-state index contributed by atoms with van der Waals surface area (Å²) in [6.07, 6.45) is 3.91. The Kier molecular flexibility index (Phi) is 4.68. The summed E-state index contributed by atoms with van der Waals surface area (Å²) in [4.78, 5) is 2.53. The molecule has 1 aliphatic rings. The molecule has 0 bridgehead atoms. The molecule has 1 aromatic rings. The van der Waals surface area contributed by atoms with Gasteiger partial charge in [-0.1, -0.05) is 15.9 Å². The molecule has 3 N–H and O–H groups in total. The van der Waals surface area contributed by atoms with Crippen molar-refractivity contribution in [1.29, 1.82) is 0 Å². The molecule has 1 aliphatic heterocycles. The van der Waals surface area contributed by atoms with Gasteiger partial charge in [0, 0.05) is 11.0 Å². The molecule has 1 aromatic carbocycles. The third-order valence-corrected chi connectivity index (χ3v) is 3.67. The molecule has 1 heterocycles. The summed E-state index contributed by atoms with van der Waals surface area (Å²) in [6.45, 7) is 4.74. The largest absolute Gasteiger partial charge is 0.397 e. The van der Waals surface area contributed by atoms with Crippen LogP contribution in [0, 0.1) is 0 Å². The van der Waals surface area contributed by atoms with Gasteiger partial charge in [-0.05, 0) is 57.1 Å². The Hall–Kier alpha value is -0.740. The second kappa shape index (κ2) is 6.26. The van der Waals surface area contributed by atoms with E-state index in [0.29, 0.717) is 0 Å². The molecule has 2 rings (SSSR count). The number of nitrogens with one attached hydrogen (secondary N) is 1. The molecule has 4 heteroatoms. The maximum atomic E-state index is 5.92. The van der Waals surface area contributed by atoms with Crippen molar-refractivity contribution in [1.82, 2.24) is 4.90 Å². The van der Waals surface area contributed by atoms with Gasteiger partial charge in [-0.3, -0.25) is 0 Å². The van der Waals surface area contributed by atoms with Gasteiger partial charge in [0.1, 0.15) is 0 Å². The third kappa shape index (κ3) is 3.89. The van der Waals surface area contributed by atoms with Gasteiger partial charge in [-0.2, -0.15) is 0 Å². The predicted molar refractivity (Wildman–Crippen MR) is 77.3 cm³/mol.